The smallest absolute Gasteiger partial charge is 0.174 e. The molecule has 0 saturated heterocycles. The van der Waals surface area contributed by atoms with Gasteiger partial charge in [-0.25, -0.2) is 0 Å². The van der Waals surface area contributed by atoms with Crippen molar-refractivity contribution in [3.63, 3.8) is 0 Å². The van der Waals surface area contributed by atoms with Gasteiger partial charge in [-0.15, -0.1) is 0 Å². The van der Waals surface area contributed by atoms with Crippen molar-refractivity contribution < 1.29 is 9.05 Å². The largest absolute Gasteiger partial charge is 0.461 e. The van der Waals surface area contributed by atoms with E-state index in [1.165, 1.54) is 10.8 Å². The van der Waals surface area contributed by atoms with Crippen molar-refractivity contribution in [2.45, 2.75) is 0 Å². The Balaban J connectivity index is 1.42. The number of benzene rings is 8. The van der Waals surface area contributed by atoms with Crippen LogP contribution in [0.2, 0.25) is 0 Å². The second-order valence-corrected chi connectivity index (χ2v) is 15.0. The molecule has 230 valence electrons. The molecule has 0 aliphatic heterocycles. The molecule has 8 rings (SSSR count). The molecule has 0 aliphatic rings. The topological polar surface area (TPSA) is 18.5 Å². The van der Waals surface area contributed by atoms with E-state index in [1.807, 2.05) is 0 Å². The molecule has 0 aliphatic carbocycles. The lowest BCUT2D eigenvalue weighted by molar-refractivity contribution is 0.557. The summed E-state index contributed by atoms with van der Waals surface area (Å²) in [6.07, 6.45) is 0. The number of rotatable bonds is 9. The maximum absolute atomic E-state index is 7.48. The molecule has 0 radical (unpaired) electrons. The SMILES string of the molecule is c1ccc(P(Oc2cc3ccccc3c(-c3cccc4ccccc34)c2OP(c2ccccc2)c2ccccc2)c2ccccc2)cc1. The van der Waals surface area contributed by atoms with Crippen LogP contribution in [0.4, 0.5) is 0 Å². The summed E-state index contributed by atoms with van der Waals surface area (Å²) in [6, 6.07) is 68.1. The Labute approximate surface area is 283 Å². The lowest BCUT2D eigenvalue weighted by Crippen LogP contribution is -2.17. The highest BCUT2D eigenvalue weighted by Crippen LogP contribution is 2.53. The molecule has 8 aromatic carbocycles. The van der Waals surface area contributed by atoms with Crippen molar-refractivity contribution in [1.82, 2.24) is 0 Å². The quantitative estimate of drug-likeness (QED) is 0.144. The van der Waals surface area contributed by atoms with E-state index >= 15 is 0 Å². The van der Waals surface area contributed by atoms with Crippen molar-refractivity contribution in [3.05, 3.63) is 194 Å². The molecule has 8 aromatic rings. The molecular formula is C44H32O2P2. The van der Waals surface area contributed by atoms with Crippen molar-refractivity contribution in [1.29, 1.82) is 0 Å². The standard InChI is InChI=1S/C44H32O2P2/c1-5-21-35(22-6-1)47(36-23-7-2-8-24-36)45-42-32-34-19-14-16-30-40(34)43(41-31-17-20-33-18-13-15-29-39(33)41)44(42)46-48(37-25-9-3-10-26-37)38-27-11-4-12-28-38/h1-32H. The van der Waals surface area contributed by atoms with E-state index in [9.17, 15) is 0 Å². The van der Waals surface area contributed by atoms with Gasteiger partial charge >= 0.3 is 0 Å². The van der Waals surface area contributed by atoms with E-state index in [2.05, 4.69) is 194 Å². The summed E-state index contributed by atoms with van der Waals surface area (Å²) < 4.78 is 14.8. The highest BCUT2D eigenvalue weighted by Gasteiger charge is 2.27. The van der Waals surface area contributed by atoms with Crippen LogP contribution in [0.15, 0.2) is 194 Å². The molecule has 0 atom stereocenters. The van der Waals surface area contributed by atoms with Crippen LogP contribution in [0.1, 0.15) is 0 Å². The van der Waals surface area contributed by atoms with Gasteiger partial charge in [-0.3, -0.25) is 0 Å². The fourth-order valence-electron chi connectivity index (χ4n) is 6.12. The highest BCUT2D eigenvalue weighted by molar-refractivity contribution is 7.69. The Kier molecular flexibility index (Phi) is 8.68. The Morgan fingerprint density at radius 2 is 0.750 bits per heavy atom. The second kappa shape index (κ2) is 13.8. The zero-order chi connectivity index (χ0) is 32.1. The zero-order valence-corrected chi connectivity index (χ0v) is 28.0. The molecule has 0 amide bonds. The van der Waals surface area contributed by atoms with Gasteiger partial charge in [0.2, 0.25) is 0 Å². The first-order valence-corrected chi connectivity index (χ1v) is 18.6. The second-order valence-electron chi connectivity index (χ2n) is 11.4. The summed E-state index contributed by atoms with van der Waals surface area (Å²) >= 11 is 0. The average Bonchev–Trinajstić information content (AvgIpc) is 3.17. The normalized spacial score (nSPS) is 11.3. The summed E-state index contributed by atoms with van der Waals surface area (Å²) in [5, 5.41) is 9.12. The molecule has 0 N–H and O–H groups in total. The van der Waals surface area contributed by atoms with Crippen LogP contribution in [-0.4, -0.2) is 0 Å². The molecular weight excluding hydrogens is 622 g/mol. The molecule has 4 heteroatoms. The molecule has 2 nitrogen and oxygen atoms in total. The minimum atomic E-state index is -1.25. The van der Waals surface area contributed by atoms with E-state index in [0.29, 0.717) is 0 Å². The monoisotopic (exact) mass is 654 g/mol. The predicted molar refractivity (Wildman–Crippen MR) is 206 cm³/mol. The van der Waals surface area contributed by atoms with Gasteiger partial charge in [-0.2, -0.15) is 0 Å². The summed E-state index contributed by atoms with van der Waals surface area (Å²) in [5.74, 6) is 1.48. The number of fused-ring (bicyclic) bond motifs is 2. The van der Waals surface area contributed by atoms with E-state index in [1.54, 1.807) is 0 Å². The minimum absolute atomic E-state index is 0.731. The Morgan fingerprint density at radius 1 is 0.333 bits per heavy atom. The van der Waals surface area contributed by atoms with Gasteiger partial charge in [0.1, 0.15) is 0 Å². The van der Waals surface area contributed by atoms with Crippen LogP contribution in [0, 0.1) is 0 Å². The number of hydrogen-bond acceptors (Lipinski definition) is 2. The lowest BCUT2D eigenvalue weighted by Gasteiger charge is -2.27. The third kappa shape index (κ3) is 6.10. The molecule has 48 heavy (non-hydrogen) atoms. The van der Waals surface area contributed by atoms with Crippen LogP contribution >= 0.6 is 16.3 Å². The van der Waals surface area contributed by atoms with Gasteiger partial charge in [0, 0.05) is 26.8 Å². The van der Waals surface area contributed by atoms with Crippen LogP contribution in [0.5, 0.6) is 11.5 Å². The molecule has 0 bridgehead atoms. The van der Waals surface area contributed by atoms with Crippen molar-refractivity contribution in [2.75, 3.05) is 0 Å². The predicted octanol–water partition coefficient (Wildman–Crippen LogP) is 10.5. The minimum Gasteiger partial charge on any atom is -0.461 e. The summed E-state index contributed by atoms with van der Waals surface area (Å²) in [6.45, 7) is 0. The van der Waals surface area contributed by atoms with Gasteiger partial charge in [0.15, 0.2) is 27.8 Å². The zero-order valence-electron chi connectivity index (χ0n) is 26.2. The third-order valence-electron chi connectivity index (χ3n) is 8.36. The summed E-state index contributed by atoms with van der Waals surface area (Å²) in [4.78, 5) is 0. The van der Waals surface area contributed by atoms with E-state index < -0.39 is 16.3 Å². The Morgan fingerprint density at radius 3 is 1.29 bits per heavy atom. The molecule has 0 unspecified atom stereocenters. The van der Waals surface area contributed by atoms with Gasteiger partial charge in [-0.1, -0.05) is 188 Å². The summed E-state index contributed by atoms with van der Waals surface area (Å²) in [5.41, 5.74) is 2.15. The Hall–Kier alpha value is -5.26. The fraction of sp³-hybridized carbons (Fsp3) is 0. The molecule has 0 fully saturated rings. The van der Waals surface area contributed by atoms with Gasteiger partial charge in [0.25, 0.3) is 0 Å². The average molecular weight is 655 g/mol. The first-order valence-electron chi connectivity index (χ1n) is 16.0. The first-order chi connectivity index (χ1) is 23.8. The fourth-order valence-corrected chi connectivity index (χ4v) is 9.61. The summed E-state index contributed by atoms with van der Waals surface area (Å²) in [7, 11) is -2.48. The number of hydrogen-bond donors (Lipinski definition) is 0. The molecule has 0 aromatic heterocycles. The van der Waals surface area contributed by atoms with Crippen molar-refractivity contribution >= 4 is 59.1 Å². The Bertz CT molecular complexity index is 2210. The molecule has 0 spiro atoms. The van der Waals surface area contributed by atoms with Crippen LogP contribution in [0.25, 0.3) is 32.7 Å². The molecule has 0 saturated carbocycles. The lowest BCUT2D eigenvalue weighted by atomic mass is 9.93. The van der Waals surface area contributed by atoms with Crippen LogP contribution < -0.4 is 30.3 Å². The first kappa shape index (κ1) is 30.1. The van der Waals surface area contributed by atoms with Crippen LogP contribution in [-0.2, 0) is 0 Å². The van der Waals surface area contributed by atoms with E-state index in [0.717, 1.165) is 54.6 Å². The van der Waals surface area contributed by atoms with Crippen LogP contribution in [0.3, 0.4) is 0 Å². The van der Waals surface area contributed by atoms with Gasteiger partial charge in [-0.05, 0) is 33.2 Å². The van der Waals surface area contributed by atoms with Crippen molar-refractivity contribution in [3.8, 4) is 22.6 Å². The van der Waals surface area contributed by atoms with Gasteiger partial charge in [0.05, 0.1) is 0 Å². The third-order valence-corrected chi connectivity index (χ3v) is 12.2. The van der Waals surface area contributed by atoms with E-state index in [4.69, 9.17) is 9.05 Å². The van der Waals surface area contributed by atoms with Gasteiger partial charge < -0.3 is 9.05 Å². The van der Waals surface area contributed by atoms with Crippen molar-refractivity contribution in [2.24, 2.45) is 0 Å². The maximum Gasteiger partial charge on any atom is 0.174 e. The van der Waals surface area contributed by atoms with E-state index in [-0.39, 0.29) is 0 Å². The maximum atomic E-state index is 7.48. The molecule has 0 heterocycles. The highest BCUT2D eigenvalue weighted by atomic mass is 31.1.